The highest BCUT2D eigenvalue weighted by Gasteiger charge is 2.06. The summed E-state index contributed by atoms with van der Waals surface area (Å²) in [5, 5.41) is 0. The van der Waals surface area contributed by atoms with Crippen LogP contribution < -0.4 is 11.4 Å². The number of H-pyrrole nitrogens is 1. The minimum atomic E-state index is -0.425. The Morgan fingerprint density at radius 1 is 1.07 bits per heavy atom. The van der Waals surface area contributed by atoms with Crippen LogP contribution in [0.15, 0.2) is 33.9 Å². The van der Waals surface area contributed by atoms with Gasteiger partial charge in [-0.2, -0.15) is 4.68 Å². The molecule has 0 bridgehead atoms. The van der Waals surface area contributed by atoms with Gasteiger partial charge in [-0.3, -0.25) is 4.98 Å². The van der Waals surface area contributed by atoms with Crippen LogP contribution in [0.2, 0.25) is 0 Å². The summed E-state index contributed by atoms with van der Waals surface area (Å²) in [6.45, 7) is 1.96. The van der Waals surface area contributed by atoms with Gasteiger partial charge in [0.05, 0.1) is 5.69 Å². The van der Waals surface area contributed by atoms with Crippen molar-refractivity contribution >= 4 is 0 Å². The fourth-order valence-electron chi connectivity index (χ4n) is 1.43. The van der Waals surface area contributed by atoms with Crippen LogP contribution in [0.4, 0.5) is 0 Å². The summed E-state index contributed by atoms with van der Waals surface area (Å²) in [5.41, 5.74) is 0.936. The van der Waals surface area contributed by atoms with Crippen LogP contribution in [0, 0.1) is 6.92 Å². The molecule has 1 N–H and O–H groups in total. The Labute approximate surface area is 85.6 Å². The van der Waals surface area contributed by atoms with Crippen LogP contribution in [0.5, 0.6) is 0 Å². The zero-order valence-corrected chi connectivity index (χ0v) is 8.52. The molecule has 1 aromatic carbocycles. The predicted octanol–water partition coefficient (Wildman–Crippen LogP) is 0.173. The Balaban J connectivity index is 2.69. The summed E-state index contributed by atoms with van der Waals surface area (Å²) in [6.07, 6.45) is 0. The topological polar surface area (TPSA) is 59.8 Å². The molecular weight excluding hydrogens is 194 g/mol. The Bertz CT molecular complexity index is 586. The molecule has 1 aromatic heterocycles. The molecule has 0 spiro atoms. The lowest BCUT2D eigenvalue weighted by molar-refractivity contribution is 0.628. The first-order valence-corrected chi connectivity index (χ1v) is 4.55. The Morgan fingerprint density at radius 3 is 2.13 bits per heavy atom. The third kappa shape index (κ3) is 1.52. The fraction of sp³-hybridized carbons (Fsp3) is 0.200. The summed E-state index contributed by atoms with van der Waals surface area (Å²) in [5.74, 6) is 0. The van der Waals surface area contributed by atoms with Gasteiger partial charge in [0, 0.05) is 7.05 Å². The molecule has 0 atom stereocenters. The van der Waals surface area contributed by atoms with Gasteiger partial charge in [-0.1, -0.05) is 17.7 Å². The van der Waals surface area contributed by atoms with Crippen molar-refractivity contribution in [2.24, 2.45) is 7.05 Å². The number of hydrogen-bond acceptors (Lipinski definition) is 2. The second kappa shape index (κ2) is 3.27. The van der Waals surface area contributed by atoms with Gasteiger partial charge < -0.3 is 0 Å². The third-order valence-electron chi connectivity index (χ3n) is 2.28. The molecule has 78 valence electrons. The SMILES string of the molecule is Cc1ccc(-n2c(=O)[nH]c(=O)n2C)cc1. The van der Waals surface area contributed by atoms with Crippen LogP contribution in [-0.2, 0) is 7.05 Å². The summed E-state index contributed by atoms with van der Waals surface area (Å²) in [6, 6.07) is 7.37. The van der Waals surface area contributed by atoms with Gasteiger partial charge in [-0.25, -0.2) is 14.3 Å². The molecule has 2 aromatic rings. The van der Waals surface area contributed by atoms with E-state index in [1.54, 1.807) is 19.2 Å². The summed E-state index contributed by atoms with van der Waals surface area (Å²) < 4.78 is 2.54. The lowest BCUT2D eigenvalue weighted by Crippen LogP contribution is -2.22. The monoisotopic (exact) mass is 205 g/mol. The molecular formula is C10H11N3O2. The molecule has 5 nitrogen and oxygen atoms in total. The molecule has 0 saturated heterocycles. The van der Waals surface area contributed by atoms with E-state index in [-0.39, 0.29) is 0 Å². The molecule has 0 saturated carbocycles. The van der Waals surface area contributed by atoms with E-state index >= 15 is 0 Å². The fourth-order valence-corrected chi connectivity index (χ4v) is 1.43. The van der Waals surface area contributed by atoms with Crippen molar-refractivity contribution in [1.29, 1.82) is 0 Å². The number of aryl methyl sites for hydroxylation is 1. The first-order valence-electron chi connectivity index (χ1n) is 4.55. The molecule has 1 heterocycles. The second-order valence-electron chi connectivity index (χ2n) is 3.41. The van der Waals surface area contributed by atoms with Crippen LogP contribution in [0.1, 0.15) is 5.56 Å². The maximum atomic E-state index is 11.4. The first kappa shape index (κ1) is 9.51. The molecule has 2 rings (SSSR count). The number of benzene rings is 1. The van der Waals surface area contributed by atoms with E-state index in [9.17, 15) is 9.59 Å². The average Bonchev–Trinajstić information content (AvgIpc) is 2.44. The summed E-state index contributed by atoms with van der Waals surface area (Å²) in [4.78, 5) is 24.8. The Kier molecular flexibility index (Phi) is 2.07. The summed E-state index contributed by atoms with van der Waals surface area (Å²) in [7, 11) is 1.54. The van der Waals surface area contributed by atoms with Crippen molar-refractivity contribution in [3.05, 3.63) is 50.8 Å². The smallest absolute Gasteiger partial charge is 0.256 e. The van der Waals surface area contributed by atoms with Crippen molar-refractivity contribution < 1.29 is 0 Å². The van der Waals surface area contributed by atoms with Crippen LogP contribution in [0.25, 0.3) is 5.69 Å². The van der Waals surface area contributed by atoms with E-state index in [1.165, 1.54) is 9.36 Å². The van der Waals surface area contributed by atoms with E-state index in [0.29, 0.717) is 5.69 Å². The van der Waals surface area contributed by atoms with Gasteiger partial charge in [0.1, 0.15) is 0 Å². The van der Waals surface area contributed by atoms with Crippen molar-refractivity contribution in [3.8, 4) is 5.69 Å². The van der Waals surface area contributed by atoms with Crippen LogP contribution >= 0.6 is 0 Å². The van der Waals surface area contributed by atoms with Crippen LogP contribution in [0.3, 0.4) is 0 Å². The molecule has 0 amide bonds. The van der Waals surface area contributed by atoms with Gasteiger partial charge >= 0.3 is 11.4 Å². The van der Waals surface area contributed by atoms with Gasteiger partial charge in [0.2, 0.25) is 0 Å². The minimum absolute atomic E-state index is 0.416. The zero-order chi connectivity index (χ0) is 11.0. The maximum absolute atomic E-state index is 11.4. The average molecular weight is 205 g/mol. The standard InChI is InChI=1S/C10H11N3O2/c1-7-3-5-8(6-4-7)13-10(15)11-9(14)12(13)2/h3-6H,1-2H3,(H,11,14,15). The zero-order valence-electron chi connectivity index (χ0n) is 8.52. The van der Waals surface area contributed by atoms with E-state index in [4.69, 9.17) is 0 Å². The third-order valence-corrected chi connectivity index (χ3v) is 2.28. The molecule has 0 aliphatic heterocycles. The number of aromatic amines is 1. The first-order chi connectivity index (χ1) is 7.09. The molecule has 0 fully saturated rings. The number of nitrogens with zero attached hydrogens (tertiary/aromatic N) is 2. The molecule has 0 aliphatic rings. The second-order valence-corrected chi connectivity index (χ2v) is 3.41. The maximum Gasteiger partial charge on any atom is 0.349 e. The number of aromatic nitrogens is 3. The van der Waals surface area contributed by atoms with Gasteiger partial charge in [-0.15, -0.1) is 0 Å². The van der Waals surface area contributed by atoms with Gasteiger partial charge in [0.25, 0.3) is 0 Å². The highest BCUT2D eigenvalue weighted by atomic mass is 16.2. The predicted molar refractivity (Wildman–Crippen MR) is 56.4 cm³/mol. The highest BCUT2D eigenvalue weighted by molar-refractivity contribution is 5.32. The quantitative estimate of drug-likeness (QED) is 0.721. The Hall–Kier alpha value is -2.04. The van der Waals surface area contributed by atoms with Crippen LogP contribution in [-0.4, -0.2) is 14.3 Å². The number of hydrogen-bond donors (Lipinski definition) is 1. The highest BCUT2D eigenvalue weighted by Crippen LogP contribution is 2.05. The van der Waals surface area contributed by atoms with E-state index < -0.39 is 11.4 Å². The Morgan fingerprint density at radius 2 is 1.67 bits per heavy atom. The lowest BCUT2D eigenvalue weighted by atomic mass is 10.2. The normalized spacial score (nSPS) is 10.5. The van der Waals surface area contributed by atoms with Gasteiger partial charge in [0.15, 0.2) is 0 Å². The molecule has 5 heteroatoms. The number of nitrogens with one attached hydrogen (secondary N) is 1. The molecule has 0 unspecified atom stereocenters. The van der Waals surface area contributed by atoms with Gasteiger partial charge in [-0.05, 0) is 19.1 Å². The lowest BCUT2D eigenvalue weighted by Gasteiger charge is -2.04. The van der Waals surface area contributed by atoms with Crippen molar-refractivity contribution in [2.45, 2.75) is 6.92 Å². The van der Waals surface area contributed by atoms with Crippen molar-refractivity contribution in [1.82, 2.24) is 14.3 Å². The van der Waals surface area contributed by atoms with E-state index in [0.717, 1.165) is 5.56 Å². The molecule has 0 aliphatic carbocycles. The van der Waals surface area contributed by atoms with E-state index in [1.807, 2.05) is 19.1 Å². The number of rotatable bonds is 1. The van der Waals surface area contributed by atoms with Crippen molar-refractivity contribution in [3.63, 3.8) is 0 Å². The summed E-state index contributed by atoms with van der Waals surface area (Å²) >= 11 is 0. The van der Waals surface area contributed by atoms with E-state index in [2.05, 4.69) is 4.98 Å². The van der Waals surface area contributed by atoms with Crippen molar-refractivity contribution in [2.75, 3.05) is 0 Å². The molecule has 0 radical (unpaired) electrons. The largest absolute Gasteiger partial charge is 0.349 e. The molecule has 15 heavy (non-hydrogen) atoms. The minimum Gasteiger partial charge on any atom is -0.256 e.